The first kappa shape index (κ1) is 12.6. The highest BCUT2D eigenvalue weighted by Crippen LogP contribution is 2.28. The van der Waals surface area contributed by atoms with Gasteiger partial charge in [-0.2, -0.15) is 5.10 Å². The molecule has 2 aromatic rings. The second kappa shape index (κ2) is 5.30. The fraction of sp³-hybridized carbons (Fsp3) is 0.385. The number of hydrogen-bond donors (Lipinski definition) is 0. The third kappa shape index (κ3) is 2.64. The summed E-state index contributed by atoms with van der Waals surface area (Å²) in [7, 11) is 1.92. The van der Waals surface area contributed by atoms with Crippen LogP contribution in [0.5, 0.6) is 0 Å². The van der Waals surface area contributed by atoms with Crippen LogP contribution in [0.25, 0.3) is 11.3 Å². The Labute approximate surface area is 120 Å². The van der Waals surface area contributed by atoms with Crippen LogP contribution in [0.15, 0.2) is 29.0 Å². The lowest BCUT2D eigenvalue weighted by Crippen LogP contribution is -2.36. The molecule has 19 heavy (non-hydrogen) atoms. The maximum Gasteiger partial charge on any atom is 0.129 e. The zero-order chi connectivity index (χ0) is 13.2. The first-order valence-corrected chi connectivity index (χ1v) is 7.01. The van der Waals surface area contributed by atoms with Crippen LogP contribution in [0.2, 0.25) is 0 Å². The SMILES string of the molecule is Cn1cc(Br)c(-c2ccnc(N3CCOCC3)c2)n1. The van der Waals surface area contributed by atoms with Gasteiger partial charge in [0.2, 0.25) is 0 Å². The molecule has 1 aliphatic heterocycles. The van der Waals surface area contributed by atoms with Crippen molar-refractivity contribution in [2.45, 2.75) is 0 Å². The minimum absolute atomic E-state index is 0.763. The quantitative estimate of drug-likeness (QED) is 0.849. The van der Waals surface area contributed by atoms with Crippen LogP contribution in [0.4, 0.5) is 5.82 Å². The summed E-state index contributed by atoms with van der Waals surface area (Å²) in [4.78, 5) is 6.69. The minimum atomic E-state index is 0.763. The molecular formula is C13H15BrN4O. The van der Waals surface area contributed by atoms with Gasteiger partial charge in [0.05, 0.1) is 17.7 Å². The largest absolute Gasteiger partial charge is 0.378 e. The molecule has 0 amide bonds. The van der Waals surface area contributed by atoms with E-state index in [0.717, 1.165) is 47.9 Å². The number of halogens is 1. The van der Waals surface area contributed by atoms with E-state index in [-0.39, 0.29) is 0 Å². The van der Waals surface area contributed by atoms with E-state index in [1.165, 1.54) is 0 Å². The van der Waals surface area contributed by atoms with Gasteiger partial charge in [-0.3, -0.25) is 4.68 Å². The Bertz CT molecular complexity index is 578. The Kier molecular flexibility index (Phi) is 3.52. The number of ether oxygens (including phenoxy) is 1. The lowest BCUT2D eigenvalue weighted by Gasteiger charge is -2.27. The third-order valence-corrected chi connectivity index (χ3v) is 3.72. The summed E-state index contributed by atoms with van der Waals surface area (Å²) in [6.45, 7) is 3.30. The van der Waals surface area contributed by atoms with Crippen LogP contribution < -0.4 is 4.90 Å². The summed E-state index contributed by atoms with van der Waals surface area (Å²) in [5, 5.41) is 4.47. The number of rotatable bonds is 2. The van der Waals surface area contributed by atoms with E-state index in [1.807, 2.05) is 25.5 Å². The molecule has 0 aliphatic carbocycles. The number of aromatic nitrogens is 3. The molecule has 1 aliphatic rings. The predicted octanol–water partition coefficient (Wildman–Crippen LogP) is 2.08. The van der Waals surface area contributed by atoms with Gasteiger partial charge in [0, 0.05) is 38.1 Å². The molecule has 1 saturated heterocycles. The highest BCUT2D eigenvalue weighted by Gasteiger charge is 2.14. The molecule has 1 fully saturated rings. The second-order valence-corrected chi connectivity index (χ2v) is 5.36. The molecule has 0 radical (unpaired) electrons. The monoisotopic (exact) mass is 322 g/mol. The van der Waals surface area contributed by atoms with Crippen molar-refractivity contribution in [2.24, 2.45) is 7.05 Å². The van der Waals surface area contributed by atoms with Gasteiger partial charge >= 0.3 is 0 Å². The van der Waals surface area contributed by atoms with Crippen molar-refractivity contribution < 1.29 is 4.74 Å². The average Bonchev–Trinajstić information content (AvgIpc) is 2.79. The average molecular weight is 323 g/mol. The van der Waals surface area contributed by atoms with Crippen molar-refractivity contribution in [1.29, 1.82) is 0 Å². The minimum Gasteiger partial charge on any atom is -0.378 e. The van der Waals surface area contributed by atoms with Crippen molar-refractivity contribution in [3.05, 3.63) is 29.0 Å². The van der Waals surface area contributed by atoms with Gasteiger partial charge in [-0.05, 0) is 28.1 Å². The molecule has 3 rings (SSSR count). The fourth-order valence-electron chi connectivity index (χ4n) is 2.19. The van der Waals surface area contributed by atoms with E-state index >= 15 is 0 Å². The summed E-state index contributed by atoms with van der Waals surface area (Å²) >= 11 is 3.54. The van der Waals surface area contributed by atoms with Crippen molar-refractivity contribution in [1.82, 2.24) is 14.8 Å². The molecule has 5 nitrogen and oxygen atoms in total. The van der Waals surface area contributed by atoms with Gasteiger partial charge in [0.1, 0.15) is 11.5 Å². The summed E-state index contributed by atoms with van der Waals surface area (Å²) in [6, 6.07) is 4.06. The summed E-state index contributed by atoms with van der Waals surface area (Å²) in [6.07, 6.45) is 3.78. The molecule has 2 aromatic heterocycles. The van der Waals surface area contributed by atoms with Crippen molar-refractivity contribution >= 4 is 21.7 Å². The van der Waals surface area contributed by atoms with E-state index in [0.29, 0.717) is 0 Å². The van der Waals surface area contributed by atoms with E-state index in [4.69, 9.17) is 4.74 Å². The van der Waals surface area contributed by atoms with Gasteiger partial charge in [-0.15, -0.1) is 0 Å². The second-order valence-electron chi connectivity index (χ2n) is 4.50. The Balaban J connectivity index is 1.93. The Morgan fingerprint density at radius 3 is 2.79 bits per heavy atom. The molecule has 0 spiro atoms. The molecule has 0 unspecified atom stereocenters. The Morgan fingerprint density at radius 2 is 2.11 bits per heavy atom. The van der Waals surface area contributed by atoms with Crippen LogP contribution in [0.1, 0.15) is 0 Å². The normalized spacial score (nSPS) is 15.8. The van der Waals surface area contributed by atoms with E-state index in [9.17, 15) is 0 Å². The predicted molar refractivity (Wildman–Crippen MR) is 77.2 cm³/mol. The van der Waals surface area contributed by atoms with Crippen LogP contribution in [0.3, 0.4) is 0 Å². The summed E-state index contributed by atoms with van der Waals surface area (Å²) < 4.78 is 8.16. The van der Waals surface area contributed by atoms with Gasteiger partial charge in [-0.25, -0.2) is 4.98 Å². The number of hydrogen-bond acceptors (Lipinski definition) is 4. The van der Waals surface area contributed by atoms with Crippen molar-refractivity contribution in [2.75, 3.05) is 31.2 Å². The molecule has 0 aromatic carbocycles. The number of morpholine rings is 1. The number of nitrogens with zero attached hydrogens (tertiary/aromatic N) is 4. The van der Waals surface area contributed by atoms with E-state index in [1.54, 1.807) is 4.68 Å². The maximum atomic E-state index is 5.37. The smallest absolute Gasteiger partial charge is 0.129 e. The van der Waals surface area contributed by atoms with Crippen LogP contribution in [-0.2, 0) is 11.8 Å². The van der Waals surface area contributed by atoms with Crippen molar-refractivity contribution in [3.8, 4) is 11.3 Å². The van der Waals surface area contributed by atoms with Crippen LogP contribution in [0, 0.1) is 0 Å². The molecule has 0 atom stereocenters. The molecular weight excluding hydrogens is 308 g/mol. The van der Waals surface area contributed by atoms with Crippen LogP contribution >= 0.6 is 15.9 Å². The first-order valence-electron chi connectivity index (χ1n) is 6.22. The zero-order valence-electron chi connectivity index (χ0n) is 10.7. The molecule has 6 heteroatoms. The lowest BCUT2D eigenvalue weighted by molar-refractivity contribution is 0.122. The topological polar surface area (TPSA) is 43.2 Å². The lowest BCUT2D eigenvalue weighted by atomic mass is 10.2. The number of aryl methyl sites for hydroxylation is 1. The van der Waals surface area contributed by atoms with Crippen molar-refractivity contribution in [3.63, 3.8) is 0 Å². The highest BCUT2D eigenvalue weighted by molar-refractivity contribution is 9.10. The summed E-state index contributed by atoms with van der Waals surface area (Å²) in [5.41, 5.74) is 2.02. The standard InChI is InChI=1S/C13H15BrN4O/c1-17-9-11(14)13(16-17)10-2-3-15-12(8-10)18-4-6-19-7-5-18/h2-3,8-9H,4-7H2,1H3. The van der Waals surface area contributed by atoms with Gasteiger partial charge in [-0.1, -0.05) is 0 Å². The molecule has 0 N–H and O–H groups in total. The van der Waals surface area contributed by atoms with Gasteiger partial charge in [0.25, 0.3) is 0 Å². The van der Waals surface area contributed by atoms with Crippen LogP contribution in [-0.4, -0.2) is 41.1 Å². The third-order valence-electron chi connectivity index (χ3n) is 3.14. The van der Waals surface area contributed by atoms with Gasteiger partial charge in [0.15, 0.2) is 0 Å². The highest BCUT2D eigenvalue weighted by atomic mass is 79.9. The summed E-state index contributed by atoms with van der Waals surface area (Å²) in [5.74, 6) is 0.985. The van der Waals surface area contributed by atoms with Gasteiger partial charge < -0.3 is 9.64 Å². The molecule has 100 valence electrons. The van der Waals surface area contributed by atoms with E-state index in [2.05, 4.69) is 37.0 Å². The maximum absolute atomic E-state index is 5.37. The molecule has 3 heterocycles. The fourth-order valence-corrected chi connectivity index (χ4v) is 2.79. The zero-order valence-corrected chi connectivity index (χ0v) is 12.3. The first-order chi connectivity index (χ1) is 9.24. The number of pyridine rings is 1. The Hall–Kier alpha value is -1.40. The Morgan fingerprint density at radius 1 is 1.32 bits per heavy atom. The molecule has 0 saturated carbocycles. The van der Waals surface area contributed by atoms with E-state index < -0.39 is 0 Å². The molecule has 0 bridgehead atoms. The number of anilines is 1.